The lowest BCUT2D eigenvalue weighted by Gasteiger charge is -2.35. The number of amides is 1. The van der Waals surface area contributed by atoms with E-state index in [9.17, 15) is 26.4 Å². The molecule has 8 nitrogen and oxygen atoms in total. The number of halogens is 4. The molecule has 0 radical (unpaired) electrons. The second-order valence-corrected chi connectivity index (χ2v) is 10.6. The molecule has 0 aliphatic carbocycles. The number of aromatic nitrogens is 1. The van der Waals surface area contributed by atoms with E-state index in [1.54, 1.807) is 42.6 Å². The molecule has 2 aromatic carbocycles. The zero-order valence-electron chi connectivity index (χ0n) is 19.7. The third-order valence-electron chi connectivity index (χ3n) is 5.74. The molecule has 1 aliphatic heterocycles. The van der Waals surface area contributed by atoms with Crippen molar-refractivity contribution in [1.29, 1.82) is 0 Å². The highest BCUT2D eigenvalue weighted by molar-refractivity contribution is 7.92. The van der Waals surface area contributed by atoms with Crippen molar-refractivity contribution in [3.05, 3.63) is 82.6 Å². The van der Waals surface area contributed by atoms with Crippen molar-refractivity contribution in [2.24, 2.45) is 5.84 Å². The maximum Gasteiger partial charge on any atom is 0.416 e. The van der Waals surface area contributed by atoms with E-state index in [2.05, 4.69) is 4.98 Å². The van der Waals surface area contributed by atoms with Crippen LogP contribution < -0.4 is 20.3 Å². The third-order valence-corrected chi connectivity index (χ3v) is 7.83. The zero-order valence-corrected chi connectivity index (χ0v) is 21.2. The standard InChI is InChI=1S/C25H22ClF3N4O4S/c26-20-5-2-12-31-21(20)9-6-16-7-10-23-22(13-16)33(15-18(37-23)8-11-24(34)32-30)38(35,36)19-4-1-3-17(14-19)25(27,28)29/h1-7,9-10,12-14,18H,8,11,15,30H2,(H,32,34)/t18-/m0/s1. The van der Waals surface area contributed by atoms with Crippen molar-refractivity contribution in [2.45, 2.75) is 30.0 Å². The summed E-state index contributed by atoms with van der Waals surface area (Å²) >= 11 is 6.14. The number of alkyl halides is 3. The molecule has 38 heavy (non-hydrogen) atoms. The number of fused-ring (bicyclic) bond motifs is 1. The van der Waals surface area contributed by atoms with Gasteiger partial charge in [-0.25, -0.2) is 14.3 Å². The van der Waals surface area contributed by atoms with E-state index in [4.69, 9.17) is 22.2 Å². The Kier molecular flexibility index (Phi) is 7.95. The summed E-state index contributed by atoms with van der Waals surface area (Å²) in [7, 11) is -4.46. The summed E-state index contributed by atoms with van der Waals surface area (Å²) in [4.78, 5) is 15.3. The van der Waals surface area contributed by atoms with Crippen LogP contribution >= 0.6 is 11.6 Å². The highest BCUT2D eigenvalue weighted by atomic mass is 35.5. The highest BCUT2D eigenvalue weighted by Gasteiger charge is 2.37. The number of hydrazine groups is 1. The van der Waals surface area contributed by atoms with Crippen LogP contribution in [0.3, 0.4) is 0 Å². The van der Waals surface area contributed by atoms with Gasteiger partial charge in [-0.3, -0.25) is 19.5 Å². The number of sulfonamides is 1. The first-order chi connectivity index (χ1) is 18.0. The predicted molar refractivity (Wildman–Crippen MR) is 137 cm³/mol. The topological polar surface area (TPSA) is 115 Å². The molecule has 1 amide bonds. The van der Waals surface area contributed by atoms with Crippen molar-refractivity contribution in [1.82, 2.24) is 10.4 Å². The van der Waals surface area contributed by atoms with Crippen molar-refractivity contribution in [2.75, 3.05) is 10.8 Å². The summed E-state index contributed by atoms with van der Waals surface area (Å²) in [5.74, 6) is 4.85. The van der Waals surface area contributed by atoms with Crippen molar-refractivity contribution < 1.29 is 31.1 Å². The maximum absolute atomic E-state index is 13.7. The fraction of sp³-hybridized carbons (Fsp3) is 0.200. The Morgan fingerprint density at radius 2 is 1.97 bits per heavy atom. The van der Waals surface area contributed by atoms with Crippen LogP contribution in [0.25, 0.3) is 12.2 Å². The van der Waals surface area contributed by atoms with E-state index in [1.165, 1.54) is 6.07 Å². The van der Waals surface area contributed by atoms with Crippen LogP contribution in [-0.4, -0.2) is 32.0 Å². The number of hydrogen-bond acceptors (Lipinski definition) is 6. The number of rotatable bonds is 7. The summed E-state index contributed by atoms with van der Waals surface area (Å²) in [5, 5.41) is 0.420. The van der Waals surface area contributed by atoms with Crippen molar-refractivity contribution in [3.63, 3.8) is 0 Å². The molecule has 13 heteroatoms. The SMILES string of the molecule is NNC(=O)CC[C@H]1CN(S(=O)(=O)c2cccc(C(F)(F)F)c2)c2cc(C=Cc3ncccc3Cl)ccc2O1. The van der Waals surface area contributed by atoms with Crippen LogP contribution in [0, 0.1) is 0 Å². The lowest BCUT2D eigenvalue weighted by Crippen LogP contribution is -2.44. The number of nitrogens with zero attached hydrogens (tertiary/aromatic N) is 2. The van der Waals surface area contributed by atoms with E-state index in [0.29, 0.717) is 22.3 Å². The first-order valence-corrected chi connectivity index (χ1v) is 13.1. The molecule has 1 atom stereocenters. The van der Waals surface area contributed by atoms with Crippen LogP contribution in [-0.2, 0) is 21.0 Å². The summed E-state index contributed by atoms with van der Waals surface area (Å²) < 4.78 is 74.2. The number of carbonyl (C=O) groups is 1. The molecule has 3 aromatic rings. The average Bonchev–Trinajstić information content (AvgIpc) is 2.90. The minimum Gasteiger partial charge on any atom is -0.486 e. The Balaban J connectivity index is 1.74. The van der Waals surface area contributed by atoms with Crippen LogP contribution in [0.2, 0.25) is 5.02 Å². The average molecular weight is 567 g/mol. The molecular weight excluding hydrogens is 545 g/mol. The molecule has 0 fully saturated rings. The smallest absolute Gasteiger partial charge is 0.416 e. The van der Waals surface area contributed by atoms with Gasteiger partial charge in [0, 0.05) is 12.6 Å². The van der Waals surface area contributed by atoms with E-state index in [0.717, 1.165) is 22.5 Å². The molecule has 0 unspecified atom stereocenters. The van der Waals surface area contributed by atoms with Gasteiger partial charge in [0.05, 0.1) is 33.4 Å². The number of hydrogen-bond donors (Lipinski definition) is 2. The monoisotopic (exact) mass is 566 g/mol. The van der Waals surface area contributed by atoms with Gasteiger partial charge in [0.1, 0.15) is 11.9 Å². The van der Waals surface area contributed by atoms with Crippen molar-refractivity contribution >= 4 is 45.4 Å². The second kappa shape index (κ2) is 11.0. The first kappa shape index (κ1) is 27.4. The third kappa shape index (κ3) is 6.09. The number of nitrogens with one attached hydrogen (secondary N) is 1. The van der Waals surface area contributed by atoms with Gasteiger partial charge in [0.2, 0.25) is 5.91 Å². The van der Waals surface area contributed by atoms with Gasteiger partial charge in [-0.15, -0.1) is 0 Å². The number of ether oxygens (including phenoxy) is 1. The van der Waals surface area contributed by atoms with Crippen LogP contribution in [0.1, 0.15) is 29.7 Å². The van der Waals surface area contributed by atoms with Crippen LogP contribution in [0.4, 0.5) is 18.9 Å². The van der Waals surface area contributed by atoms with Crippen molar-refractivity contribution in [3.8, 4) is 5.75 Å². The molecule has 3 N–H and O–H groups in total. The molecule has 4 rings (SSSR count). The Morgan fingerprint density at radius 1 is 1.18 bits per heavy atom. The van der Waals surface area contributed by atoms with Gasteiger partial charge in [0.25, 0.3) is 10.0 Å². The molecule has 1 aromatic heterocycles. The van der Waals surface area contributed by atoms with Crippen LogP contribution in [0.15, 0.2) is 65.7 Å². The lowest BCUT2D eigenvalue weighted by atomic mass is 10.1. The number of benzene rings is 2. The lowest BCUT2D eigenvalue weighted by molar-refractivity contribution is -0.137. The second-order valence-electron chi connectivity index (χ2n) is 8.34. The minimum atomic E-state index is -4.72. The maximum atomic E-state index is 13.7. The Labute approximate surface area is 221 Å². The molecule has 1 aliphatic rings. The molecular formula is C25H22ClF3N4O4S. The normalized spacial score (nSPS) is 15.7. The highest BCUT2D eigenvalue weighted by Crippen LogP contribution is 2.40. The molecule has 0 saturated carbocycles. The van der Waals surface area contributed by atoms with Gasteiger partial charge in [-0.05, 0) is 60.5 Å². The fourth-order valence-corrected chi connectivity index (χ4v) is 5.56. The van der Waals surface area contributed by atoms with Gasteiger partial charge < -0.3 is 4.74 Å². The van der Waals surface area contributed by atoms with Gasteiger partial charge in [0.15, 0.2) is 0 Å². The van der Waals surface area contributed by atoms with Gasteiger partial charge in [-0.2, -0.15) is 13.2 Å². The molecule has 0 saturated heterocycles. The number of anilines is 1. The fourth-order valence-electron chi connectivity index (χ4n) is 3.83. The van der Waals surface area contributed by atoms with E-state index < -0.39 is 38.7 Å². The molecule has 0 bridgehead atoms. The van der Waals surface area contributed by atoms with E-state index in [1.807, 2.05) is 5.43 Å². The summed E-state index contributed by atoms with van der Waals surface area (Å²) in [6.45, 7) is -0.233. The van der Waals surface area contributed by atoms with E-state index >= 15 is 0 Å². The Hall–Kier alpha value is -3.61. The molecule has 200 valence electrons. The number of pyridine rings is 1. The largest absolute Gasteiger partial charge is 0.486 e. The Bertz CT molecular complexity index is 1480. The number of nitrogens with two attached hydrogens (primary N) is 1. The molecule has 0 spiro atoms. The Morgan fingerprint density at radius 3 is 2.68 bits per heavy atom. The quantitative estimate of drug-likeness (QED) is 0.244. The summed E-state index contributed by atoms with van der Waals surface area (Å²) in [6, 6.07) is 11.6. The summed E-state index contributed by atoms with van der Waals surface area (Å²) in [5.41, 5.74) is 2.10. The van der Waals surface area contributed by atoms with E-state index in [-0.39, 0.29) is 30.8 Å². The molecule has 2 heterocycles. The van der Waals surface area contributed by atoms with Gasteiger partial charge in [-0.1, -0.05) is 29.8 Å². The first-order valence-electron chi connectivity index (χ1n) is 11.3. The van der Waals surface area contributed by atoms with Gasteiger partial charge >= 0.3 is 6.18 Å². The zero-order chi connectivity index (χ0) is 27.5. The number of carbonyl (C=O) groups excluding carboxylic acids is 1. The minimum absolute atomic E-state index is 0.0421. The predicted octanol–water partition coefficient (Wildman–Crippen LogP) is 4.65. The van der Waals surface area contributed by atoms with Crippen LogP contribution in [0.5, 0.6) is 5.75 Å². The summed E-state index contributed by atoms with van der Waals surface area (Å²) in [6.07, 6.45) is -0.516.